The van der Waals surface area contributed by atoms with Crippen LogP contribution < -0.4 is 5.73 Å². The maximum absolute atomic E-state index is 5.58. The summed E-state index contributed by atoms with van der Waals surface area (Å²) in [6.07, 6.45) is 3.72. The second-order valence-corrected chi connectivity index (χ2v) is 4.54. The van der Waals surface area contributed by atoms with Gasteiger partial charge in [0.05, 0.1) is 18.2 Å². The molecule has 3 heteroatoms. The lowest BCUT2D eigenvalue weighted by Gasteiger charge is -2.09. The number of benzene rings is 1. The maximum atomic E-state index is 5.58. The molecule has 0 aliphatic carbocycles. The third-order valence-corrected chi connectivity index (χ3v) is 2.96. The summed E-state index contributed by atoms with van der Waals surface area (Å²) < 4.78 is 2.09. The van der Waals surface area contributed by atoms with Gasteiger partial charge in [-0.15, -0.1) is 0 Å². The first kappa shape index (κ1) is 11.9. The number of rotatable bonds is 4. The number of hydrogen-bond acceptors (Lipinski definition) is 2. The standard InChI is InChI=1S/C14H19N3/c1-11(2)12-3-5-13(6-4-12)14-9-16-10-17(14)8-7-15/h3-6,9-11H,7-8,15H2,1-2H3. The summed E-state index contributed by atoms with van der Waals surface area (Å²) in [7, 11) is 0. The van der Waals surface area contributed by atoms with Crippen LogP contribution >= 0.6 is 0 Å². The first-order valence-electron chi connectivity index (χ1n) is 6.03. The molecule has 0 amide bonds. The van der Waals surface area contributed by atoms with Gasteiger partial charge in [0.2, 0.25) is 0 Å². The molecule has 0 spiro atoms. The second-order valence-electron chi connectivity index (χ2n) is 4.54. The molecule has 1 heterocycles. The molecule has 0 unspecified atom stereocenters. The number of nitrogens with zero attached hydrogens (tertiary/aromatic N) is 2. The van der Waals surface area contributed by atoms with E-state index in [0.29, 0.717) is 12.5 Å². The van der Waals surface area contributed by atoms with Crippen LogP contribution in [0.1, 0.15) is 25.3 Å². The predicted octanol–water partition coefficient (Wildman–Crippen LogP) is 2.63. The summed E-state index contributed by atoms with van der Waals surface area (Å²) in [5.41, 5.74) is 9.27. The van der Waals surface area contributed by atoms with Crippen LogP contribution in [0.3, 0.4) is 0 Å². The van der Waals surface area contributed by atoms with E-state index in [9.17, 15) is 0 Å². The van der Waals surface area contributed by atoms with Crippen LogP contribution in [0.5, 0.6) is 0 Å². The highest BCUT2D eigenvalue weighted by molar-refractivity contribution is 5.59. The largest absolute Gasteiger partial charge is 0.329 e. The van der Waals surface area contributed by atoms with E-state index in [0.717, 1.165) is 12.2 Å². The Kier molecular flexibility index (Phi) is 3.59. The lowest BCUT2D eigenvalue weighted by atomic mass is 10.0. The Morgan fingerprint density at radius 3 is 2.53 bits per heavy atom. The van der Waals surface area contributed by atoms with Crippen LogP contribution in [0.4, 0.5) is 0 Å². The zero-order chi connectivity index (χ0) is 12.3. The normalized spacial score (nSPS) is 11.1. The van der Waals surface area contributed by atoms with Crippen molar-refractivity contribution in [3.05, 3.63) is 42.4 Å². The van der Waals surface area contributed by atoms with E-state index in [2.05, 4.69) is 47.7 Å². The van der Waals surface area contributed by atoms with Gasteiger partial charge in [0.25, 0.3) is 0 Å². The van der Waals surface area contributed by atoms with Crippen LogP contribution in [-0.2, 0) is 6.54 Å². The van der Waals surface area contributed by atoms with Gasteiger partial charge in [-0.3, -0.25) is 0 Å². The van der Waals surface area contributed by atoms with Crippen LogP contribution in [0, 0.1) is 0 Å². The molecule has 90 valence electrons. The summed E-state index contributed by atoms with van der Waals surface area (Å²) in [5, 5.41) is 0. The van der Waals surface area contributed by atoms with Gasteiger partial charge >= 0.3 is 0 Å². The predicted molar refractivity (Wildman–Crippen MR) is 70.8 cm³/mol. The van der Waals surface area contributed by atoms with Crippen LogP contribution in [0.2, 0.25) is 0 Å². The van der Waals surface area contributed by atoms with Crippen molar-refractivity contribution in [2.24, 2.45) is 5.73 Å². The van der Waals surface area contributed by atoms with E-state index in [4.69, 9.17) is 5.73 Å². The maximum Gasteiger partial charge on any atom is 0.0951 e. The third-order valence-electron chi connectivity index (χ3n) is 2.96. The van der Waals surface area contributed by atoms with Crippen molar-refractivity contribution >= 4 is 0 Å². The van der Waals surface area contributed by atoms with Crippen molar-refractivity contribution in [3.8, 4) is 11.3 Å². The smallest absolute Gasteiger partial charge is 0.0951 e. The van der Waals surface area contributed by atoms with E-state index < -0.39 is 0 Å². The van der Waals surface area contributed by atoms with E-state index in [1.54, 1.807) is 0 Å². The monoisotopic (exact) mass is 229 g/mol. The van der Waals surface area contributed by atoms with Crippen molar-refractivity contribution < 1.29 is 0 Å². The molecule has 0 aliphatic rings. The minimum atomic E-state index is 0.568. The minimum absolute atomic E-state index is 0.568. The molecule has 2 N–H and O–H groups in total. The van der Waals surface area contributed by atoms with Crippen molar-refractivity contribution in [2.45, 2.75) is 26.3 Å². The molecule has 0 radical (unpaired) electrons. The molecule has 0 saturated heterocycles. The van der Waals surface area contributed by atoms with Crippen molar-refractivity contribution in [1.82, 2.24) is 9.55 Å². The Hall–Kier alpha value is -1.61. The fourth-order valence-corrected chi connectivity index (χ4v) is 1.92. The molecule has 2 rings (SSSR count). The molecule has 0 bridgehead atoms. The van der Waals surface area contributed by atoms with Crippen molar-refractivity contribution in [3.63, 3.8) is 0 Å². The van der Waals surface area contributed by atoms with Gasteiger partial charge in [-0.05, 0) is 17.0 Å². The zero-order valence-corrected chi connectivity index (χ0v) is 10.4. The van der Waals surface area contributed by atoms with Gasteiger partial charge in [0.1, 0.15) is 0 Å². The molecule has 3 nitrogen and oxygen atoms in total. The lowest BCUT2D eigenvalue weighted by Crippen LogP contribution is -2.09. The highest BCUT2D eigenvalue weighted by atomic mass is 15.0. The summed E-state index contributed by atoms with van der Waals surface area (Å²) >= 11 is 0. The van der Waals surface area contributed by atoms with Gasteiger partial charge in [-0.25, -0.2) is 4.98 Å². The van der Waals surface area contributed by atoms with Gasteiger partial charge < -0.3 is 10.3 Å². The number of aromatic nitrogens is 2. The fraction of sp³-hybridized carbons (Fsp3) is 0.357. The zero-order valence-electron chi connectivity index (χ0n) is 10.4. The summed E-state index contributed by atoms with van der Waals surface area (Å²) in [6.45, 7) is 5.84. The van der Waals surface area contributed by atoms with Gasteiger partial charge in [-0.2, -0.15) is 0 Å². The summed E-state index contributed by atoms with van der Waals surface area (Å²) in [4.78, 5) is 4.18. The Balaban J connectivity index is 2.30. The molecule has 2 aromatic rings. The molecule has 1 aromatic heterocycles. The van der Waals surface area contributed by atoms with Crippen LogP contribution in [-0.4, -0.2) is 16.1 Å². The van der Waals surface area contributed by atoms with Gasteiger partial charge in [0, 0.05) is 13.1 Å². The molecule has 0 saturated carbocycles. The Bertz CT molecular complexity index is 468. The molecule has 0 atom stereocenters. The number of hydrogen-bond donors (Lipinski definition) is 1. The lowest BCUT2D eigenvalue weighted by molar-refractivity contribution is 0.714. The van der Waals surface area contributed by atoms with Crippen LogP contribution in [0.25, 0.3) is 11.3 Å². The van der Waals surface area contributed by atoms with E-state index in [1.807, 2.05) is 12.5 Å². The highest BCUT2D eigenvalue weighted by Gasteiger charge is 2.05. The molecular formula is C14H19N3. The SMILES string of the molecule is CC(C)c1ccc(-c2cncn2CCN)cc1. The summed E-state index contributed by atoms with van der Waals surface area (Å²) in [5.74, 6) is 0.568. The Morgan fingerprint density at radius 2 is 1.94 bits per heavy atom. The average molecular weight is 229 g/mol. The van der Waals surface area contributed by atoms with Gasteiger partial charge in [0.15, 0.2) is 0 Å². The quantitative estimate of drug-likeness (QED) is 0.875. The Morgan fingerprint density at radius 1 is 1.24 bits per heavy atom. The summed E-state index contributed by atoms with van der Waals surface area (Å²) in [6, 6.07) is 8.66. The molecule has 17 heavy (non-hydrogen) atoms. The Labute approximate surface area is 102 Å². The molecule has 0 aliphatic heterocycles. The third kappa shape index (κ3) is 2.56. The topological polar surface area (TPSA) is 43.8 Å². The highest BCUT2D eigenvalue weighted by Crippen LogP contribution is 2.22. The van der Waals surface area contributed by atoms with Crippen molar-refractivity contribution in [2.75, 3.05) is 6.54 Å². The fourth-order valence-electron chi connectivity index (χ4n) is 1.92. The first-order chi connectivity index (χ1) is 8.22. The number of nitrogens with two attached hydrogens (primary N) is 1. The minimum Gasteiger partial charge on any atom is -0.329 e. The van der Waals surface area contributed by atoms with E-state index in [-0.39, 0.29) is 0 Å². The van der Waals surface area contributed by atoms with Crippen molar-refractivity contribution in [1.29, 1.82) is 0 Å². The van der Waals surface area contributed by atoms with Crippen LogP contribution in [0.15, 0.2) is 36.8 Å². The van der Waals surface area contributed by atoms with E-state index >= 15 is 0 Å². The average Bonchev–Trinajstić information content (AvgIpc) is 2.78. The molecular weight excluding hydrogens is 210 g/mol. The first-order valence-corrected chi connectivity index (χ1v) is 6.03. The van der Waals surface area contributed by atoms with E-state index in [1.165, 1.54) is 11.1 Å². The number of imidazole rings is 1. The van der Waals surface area contributed by atoms with Gasteiger partial charge in [-0.1, -0.05) is 38.1 Å². The molecule has 0 fully saturated rings. The molecule has 1 aromatic carbocycles. The second kappa shape index (κ2) is 5.15.